The van der Waals surface area contributed by atoms with Gasteiger partial charge in [-0.3, -0.25) is 4.79 Å². The van der Waals surface area contributed by atoms with Crippen LogP contribution in [-0.4, -0.2) is 18.0 Å². The third-order valence-corrected chi connectivity index (χ3v) is 5.57. The summed E-state index contributed by atoms with van der Waals surface area (Å²) in [6, 6.07) is 6.62. The zero-order valence-electron chi connectivity index (χ0n) is 12.9. The van der Waals surface area contributed by atoms with Gasteiger partial charge in [-0.2, -0.15) is 0 Å². The van der Waals surface area contributed by atoms with Gasteiger partial charge in [-0.05, 0) is 56.0 Å². The molecule has 126 valence electrons. The fourth-order valence-electron chi connectivity index (χ4n) is 2.53. The molecule has 0 unspecified atom stereocenters. The first kappa shape index (κ1) is 17.3. The molecular weight excluding hydrogens is 369 g/mol. The van der Waals surface area contributed by atoms with E-state index in [1.165, 1.54) is 28.7 Å². The summed E-state index contributed by atoms with van der Waals surface area (Å²) in [5.74, 6) is -0.939. The van der Waals surface area contributed by atoms with Gasteiger partial charge in [-0.25, -0.2) is 4.79 Å². The molecule has 3 rings (SSSR count). The SMILES string of the molecule is C[C@@H](OC(=O)c1cc2c(s1)CCC2)C(=O)Nc1cc(Cl)ccc1Cl. The average molecular weight is 384 g/mol. The van der Waals surface area contributed by atoms with Crippen LogP contribution in [0.3, 0.4) is 0 Å². The second-order valence-electron chi connectivity index (χ2n) is 5.57. The molecule has 0 fully saturated rings. The van der Waals surface area contributed by atoms with Gasteiger partial charge in [0.25, 0.3) is 5.91 Å². The van der Waals surface area contributed by atoms with Crippen LogP contribution in [0.1, 0.15) is 33.5 Å². The molecule has 1 amide bonds. The van der Waals surface area contributed by atoms with E-state index in [2.05, 4.69) is 5.32 Å². The van der Waals surface area contributed by atoms with Crippen LogP contribution in [0.2, 0.25) is 10.0 Å². The minimum Gasteiger partial charge on any atom is -0.448 e. The molecule has 1 aromatic carbocycles. The van der Waals surface area contributed by atoms with Crippen molar-refractivity contribution in [1.29, 1.82) is 0 Å². The molecule has 0 saturated carbocycles. The summed E-state index contributed by atoms with van der Waals surface area (Å²) >= 11 is 13.3. The number of nitrogens with one attached hydrogen (secondary N) is 1. The summed E-state index contributed by atoms with van der Waals surface area (Å²) in [6.07, 6.45) is 2.21. The van der Waals surface area contributed by atoms with E-state index in [0.29, 0.717) is 20.6 Å². The number of halogens is 2. The van der Waals surface area contributed by atoms with Gasteiger partial charge in [0.05, 0.1) is 10.7 Å². The first-order valence-corrected chi connectivity index (χ1v) is 9.10. The number of ether oxygens (including phenoxy) is 1. The van der Waals surface area contributed by atoms with E-state index in [1.54, 1.807) is 18.2 Å². The third-order valence-electron chi connectivity index (χ3n) is 3.79. The molecule has 1 aliphatic carbocycles. The van der Waals surface area contributed by atoms with Crippen LogP contribution < -0.4 is 5.32 Å². The van der Waals surface area contributed by atoms with Gasteiger partial charge in [0.15, 0.2) is 6.10 Å². The third kappa shape index (κ3) is 3.74. The molecule has 1 heterocycles. The molecule has 1 aromatic heterocycles. The number of fused-ring (bicyclic) bond motifs is 1. The first-order chi connectivity index (χ1) is 11.4. The Balaban J connectivity index is 1.63. The van der Waals surface area contributed by atoms with Crippen LogP contribution in [0.4, 0.5) is 5.69 Å². The zero-order chi connectivity index (χ0) is 17.3. The largest absolute Gasteiger partial charge is 0.448 e. The number of aryl methyl sites for hydroxylation is 2. The van der Waals surface area contributed by atoms with E-state index in [-0.39, 0.29) is 0 Å². The highest BCUT2D eigenvalue weighted by Crippen LogP contribution is 2.31. The van der Waals surface area contributed by atoms with E-state index in [1.807, 2.05) is 6.07 Å². The number of carbonyl (C=O) groups excluding carboxylic acids is 2. The van der Waals surface area contributed by atoms with Gasteiger partial charge in [-0.1, -0.05) is 23.2 Å². The smallest absolute Gasteiger partial charge is 0.349 e. The van der Waals surface area contributed by atoms with Gasteiger partial charge in [0.2, 0.25) is 0 Å². The molecule has 0 aliphatic heterocycles. The summed E-state index contributed by atoms with van der Waals surface area (Å²) in [7, 11) is 0. The Labute approximate surface area is 153 Å². The molecule has 4 nitrogen and oxygen atoms in total. The molecule has 1 atom stereocenters. The predicted octanol–water partition coefficient (Wildman–Crippen LogP) is 4.73. The lowest BCUT2D eigenvalue weighted by Gasteiger charge is -2.14. The van der Waals surface area contributed by atoms with Gasteiger partial charge in [0.1, 0.15) is 4.88 Å². The fraction of sp³-hybridized carbons (Fsp3) is 0.294. The van der Waals surface area contributed by atoms with Gasteiger partial charge in [-0.15, -0.1) is 11.3 Å². The number of amides is 1. The van der Waals surface area contributed by atoms with Crippen molar-refractivity contribution in [2.24, 2.45) is 0 Å². The number of hydrogen-bond donors (Lipinski definition) is 1. The molecule has 0 bridgehead atoms. The number of esters is 1. The molecule has 2 aromatic rings. The van der Waals surface area contributed by atoms with Crippen LogP contribution >= 0.6 is 34.5 Å². The highest BCUT2D eigenvalue weighted by Gasteiger charge is 2.23. The van der Waals surface area contributed by atoms with Gasteiger partial charge >= 0.3 is 5.97 Å². The van der Waals surface area contributed by atoms with Crippen LogP contribution in [-0.2, 0) is 22.4 Å². The van der Waals surface area contributed by atoms with Crippen molar-refractivity contribution in [3.05, 3.63) is 49.6 Å². The summed E-state index contributed by atoms with van der Waals surface area (Å²) in [6.45, 7) is 1.52. The van der Waals surface area contributed by atoms with E-state index in [9.17, 15) is 9.59 Å². The quantitative estimate of drug-likeness (QED) is 0.776. The molecule has 0 saturated heterocycles. The number of anilines is 1. The summed E-state index contributed by atoms with van der Waals surface area (Å²) < 4.78 is 5.26. The van der Waals surface area contributed by atoms with Crippen molar-refractivity contribution in [3.8, 4) is 0 Å². The van der Waals surface area contributed by atoms with Crippen LogP contribution in [0.15, 0.2) is 24.3 Å². The lowest BCUT2D eigenvalue weighted by molar-refractivity contribution is -0.123. The number of hydrogen-bond acceptors (Lipinski definition) is 4. The van der Waals surface area contributed by atoms with E-state index < -0.39 is 18.0 Å². The van der Waals surface area contributed by atoms with Crippen molar-refractivity contribution >= 4 is 52.1 Å². The van der Waals surface area contributed by atoms with Gasteiger partial charge < -0.3 is 10.1 Å². The zero-order valence-corrected chi connectivity index (χ0v) is 15.2. The van der Waals surface area contributed by atoms with E-state index in [4.69, 9.17) is 27.9 Å². The highest BCUT2D eigenvalue weighted by molar-refractivity contribution is 7.14. The monoisotopic (exact) mass is 383 g/mol. The minimum absolute atomic E-state index is 0.362. The second-order valence-corrected chi connectivity index (χ2v) is 7.55. The molecule has 0 radical (unpaired) electrons. The molecule has 1 N–H and O–H groups in total. The number of carbonyl (C=O) groups is 2. The molecule has 1 aliphatic rings. The maximum absolute atomic E-state index is 12.2. The van der Waals surface area contributed by atoms with E-state index >= 15 is 0 Å². The molecule has 7 heteroatoms. The topological polar surface area (TPSA) is 55.4 Å². The number of benzene rings is 1. The normalized spacial score (nSPS) is 14.1. The average Bonchev–Trinajstić information content (AvgIpc) is 3.12. The summed E-state index contributed by atoms with van der Waals surface area (Å²) in [5, 5.41) is 3.43. The Morgan fingerprint density at radius 1 is 1.25 bits per heavy atom. The summed E-state index contributed by atoms with van der Waals surface area (Å²) in [5.41, 5.74) is 1.60. The standard InChI is InChI=1S/C17H15Cl2NO3S/c1-9(16(21)20-13-8-11(18)5-6-12(13)19)23-17(22)15-7-10-3-2-4-14(10)24-15/h5-9H,2-4H2,1H3,(H,20,21)/t9-/m1/s1. The Kier molecular flexibility index (Phi) is 5.13. The second kappa shape index (κ2) is 7.13. The Hall–Kier alpha value is -1.56. The van der Waals surface area contributed by atoms with Crippen LogP contribution in [0.5, 0.6) is 0 Å². The van der Waals surface area contributed by atoms with Crippen molar-refractivity contribution in [3.63, 3.8) is 0 Å². The highest BCUT2D eigenvalue weighted by atomic mass is 35.5. The van der Waals surface area contributed by atoms with Crippen molar-refractivity contribution in [2.45, 2.75) is 32.3 Å². The Bertz CT molecular complexity index is 782. The maximum Gasteiger partial charge on any atom is 0.349 e. The van der Waals surface area contributed by atoms with Crippen molar-refractivity contribution in [2.75, 3.05) is 5.32 Å². The van der Waals surface area contributed by atoms with E-state index in [0.717, 1.165) is 19.3 Å². The van der Waals surface area contributed by atoms with Crippen molar-refractivity contribution < 1.29 is 14.3 Å². The van der Waals surface area contributed by atoms with Crippen LogP contribution in [0.25, 0.3) is 0 Å². The first-order valence-electron chi connectivity index (χ1n) is 7.52. The lowest BCUT2D eigenvalue weighted by atomic mass is 10.2. The molecule has 0 spiro atoms. The Morgan fingerprint density at radius 2 is 2.04 bits per heavy atom. The number of rotatable bonds is 4. The van der Waals surface area contributed by atoms with Crippen LogP contribution in [0, 0.1) is 0 Å². The summed E-state index contributed by atoms with van der Waals surface area (Å²) in [4.78, 5) is 26.2. The fourth-order valence-corrected chi connectivity index (χ4v) is 4.00. The molecular formula is C17H15Cl2NO3S. The Morgan fingerprint density at radius 3 is 2.79 bits per heavy atom. The predicted molar refractivity (Wildman–Crippen MR) is 96.3 cm³/mol. The lowest BCUT2D eigenvalue weighted by Crippen LogP contribution is -2.29. The van der Waals surface area contributed by atoms with Gasteiger partial charge in [0, 0.05) is 9.90 Å². The maximum atomic E-state index is 12.2. The molecule has 24 heavy (non-hydrogen) atoms. The minimum atomic E-state index is -0.940. The number of thiophene rings is 1. The van der Waals surface area contributed by atoms with Crippen molar-refractivity contribution in [1.82, 2.24) is 0 Å².